The summed E-state index contributed by atoms with van der Waals surface area (Å²) >= 11 is 0. The molecule has 0 aliphatic carbocycles. The number of benzene rings is 1. The van der Waals surface area contributed by atoms with E-state index in [0.29, 0.717) is 19.6 Å². The predicted octanol–water partition coefficient (Wildman–Crippen LogP) is 2.79. The summed E-state index contributed by atoms with van der Waals surface area (Å²) in [6.45, 7) is 0.897. The molecule has 6 heteroatoms. The van der Waals surface area contributed by atoms with E-state index in [9.17, 15) is 18.3 Å². The fourth-order valence-electron chi connectivity index (χ4n) is 1.52. The number of aliphatic hydroxyl groups is 1. The zero-order valence-corrected chi connectivity index (χ0v) is 10.6. The van der Waals surface area contributed by atoms with Crippen molar-refractivity contribution >= 4 is 0 Å². The maximum absolute atomic E-state index is 12.5. The van der Waals surface area contributed by atoms with Crippen LogP contribution in [-0.2, 0) is 15.7 Å². The van der Waals surface area contributed by atoms with Crippen LogP contribution in [0.15, 0.2) is 24.3 Å². The van der Waals surface area contributed by atoms with E-state index in [1.807, 2.05) is 0 Å². The Morgan fingerprint density at radius 3 is 2.63 bits per heavy atom. The molecular weight excluding hydrogens is 261 g/mol. The van der Waals surface area contributed by atoms with Gasteiger partial charge in [0.1, 0.15) is 6.10 Å². The van der Waals surface area contributed by atoms with Gasteiger partial charge in [-0.2, -0.15) is 13.2 Å². The van der Waals surface area contributed by atoms with Crippen molar-refractivity contribution in [2.45, 2.75) is 18.7 Å². The molecule has 0 heterocycles. The van der Waals surface area contributed by atoms with Crippen molar-refractivity contribution in [2.75, 3.05) is 26.9 Å². The molecule has 0 saturated heterocycles. The van der Waals surface area contributed by atoms with Crippen LogP contribution >= 0.6 is 0 Å². The maximum atomic E-state index is 12.5. The third-order valence-electron chi connectivity index (χ3n) is 2.51. The van der Waals surface area contributed by atoms with Gasteiger partial charge in [-0.05, 0) is 24.1 Å². The molecular formula is C13H17F3O3. The molecule has 1 unspecified atom stereocenters. The van der Waals surface area contributed by atoms with Gasteiger partial charge in [0.25, 0.3) is 0 Å². The number of halogens is 3. The van der Waals surface area contributed by atoms with Gasteiger partial charge >= 0.3 is 6.18 Å². The van der Waals surface area contributed by atoms with Crippen molar-refractivity contribution in [3.05, 3.63) is 35.4 Å². The molecule has 1 N–H and O–H groups in total. The lowest BCUT2D eigenvalue weighted by Crippen LogP contribution is -2.11. The Labute approximate surface area is 110 Å². The minimum absolute atomic E-state index is 0.0367. The van der Waals surface area contributed by atoms with Crippen LogP contribution in [-0.4, -0.2) is 32.0 Å². The number of ether oxygens (including phenoxy) is 2. The molecule has 1 atom stereocenters. The van der Waals surface area contributed by atoms with Crippen LogP contribution in [0.3, 0.4) is 0 Å². The van der Waals surface area contributed by atoms with Gasteiger partial charge in [0.15, 0.2) is 0 Å². The second-order valence-electron chi connectivity index (χ2n) is 4.06. The number of alkyl halides is 3. The largest absolute Gasteiger partial charge is 0.416 e. The Bertz CT molecular complexity index is 380. The summed E-state index contributed by atoms with van der Waals surface area (Å²) in [5.41, 5.74) is -0.579. The van der Waals surface area contributed by atoms with Crippen LogP contribution in [0.5, 0.6) is 0 Å². The number of hydrogen-bond donors (Lipinski definition) is 1. The van der Waals surface area contributed by atoms with E-state index in [1.165, 1.54) is 12.1 Å². The Kier molecular flexibility index (Phi) is 6.27. The van der Waals surface area contributed by atoms with Crippen LogP contribution in [0.4, 0.5) is 13.2 Å². The first-order valence-electron chi connectivity index (χ1n) is 5.87. The van der Waals surface area contributed by atoms with E-state index >= 15 is 0 Å². The summed E-state index contributed by atoms with van der Waals surface area (Å²) in [6.07, 6.45) is -4.80. The van der Waals surface area contributed by atoms with Gasteiger partial charge in [-0.3, -0.25) is 0 Å². The van der Waals surface area contributed by atoms with Gasteiger partial charge in [-0.1, -0.05) is 12.1 Å². The highest BCUT2D eigenvalue weighted by Crippen LogP contribution is 2.30. The van der Waals surface area contributed by atoms with Gasteiger partial charge in [0.2, 0.25) is 0 Å². The summed E-state index contributed by atoms with van der Waals surface area (Å²) < 4.78 is 47.5. The molecule has 0 aliphatic heterocycles. The summed E-state index contributed by atoms with van der Waals surface area (Å²) in [4.78, 5) is 0. The molecule has 0 saturated carbocycles. The molecule has 19 heavy (non-hydrogen) atoms. The lowest BCUT2D eigenvalue weighted by Gasteiger charge is -2.14. The molecule has 1 aromatic carbocycles. The Balaban J connectivity index is 2.50. The molecule has 0 amide bonds. The smallest absolute Gasteiger partial charge is 0.386 e. The van der Waals surface area contributed by atoms with Gasteiger partial charge in [0.05, 0.1) is 12.2 Å². The van der Waals surface area contributed by atoms with E-state index in [4.69, 9.17) is 9.47 Å². The molecule has 0 spiro atoms. The summed E-state index contributed by atoms with van der Waals surface area (Å²) in [6, 6.07) is 4.61. The van der Waals surface area contributed by atoms with E-state index < -0.39 is 17.8 Å². The summed E-state index contributed by atoms with van der Waals surface area (Å²) in [7, 11) is 1.57. The lowest BCUT2D eigenvalue weighted by molar-refractivity contribution is -0.137. The normalized spacial score (nSPS) is 13.5. The topological polar surface area (TPSA) is 38.7 Å². The third kappa shape index (κ3) is 5.59. The molecule has 1 aromatic rings. The average Bonchev–Trinajstić information content (AvgIpc) is 2.37. The quantitative estimate of drug-likeness (QED) is 0.779. The van der Waals surface area contributed by atoms with Crippen molar-refractivity contribution in [3.8, 4) is 0 Å². The van der Waals surface area contributed by atoms with E-state index in [0.717, 1.165) is 12.1 Å². The first-order valence-corrected chi connectivity index (χ1v) is 5.87. The lowest BCUT2D eigenvalue weighted by atomic mass is 10.1. The van der Waals surface area contributed by atoms with Gasteiger partial charge in [-0.15, -0.1) is 0 Å². The van der Waals surface area contributed by atoms with E-state index in [-0.39, 0.29) is 12.2 Å². The molecule has 3 nitrogen and oxygen atoms in total. The number of aliphatic hydroxyl groups excluding tert-OH is 1. The highest BCUT2D eigenvalue weighted by Gasteiger charge is 2.30. The zero-order chi connectivity index (χ0) is 14.3. The minimum Gasteiger partial charge on any atom is -0.386 e. The molecule has 0 radical (unpaired) electrons. The molecule has 0 fully saturated rings. The Hall–Kier alpha value is -1.11. The SMILES string of the molecule is COCCCOCC(O)c1cccc(C(F)(F)F)c1. The summed E-state index contributed by atoms with van der Waals surface area (Å²) in [5.74, 6) is 0. The van der Waals surface area contributed by atoms with Crippen molar-refractivity contribution < 1.29 is 27.8 Å². The third-order valence-corrected chi connectivity index (χ3v) is 2.51. The van der Waals surface area contributed by atoms with Gasteiger partial charge in [-0.25, -0.2) is 0 Å². The second-order valence-corrected chi connectivity index (χ2v) is 4.06. The van der Waals surface area contributed by atoms with Crippen LogP contribution in [0, 0.1) is 0 Å². The van der Waals surface area contributed by atoms with Crippen molar-refractivity contribution in [3.63, 3.8) is 0 Å². The average molecular weight is 278 g/mol. The van der Waals surface area contributed by atoms with Crippen LogP contribution in [0.25, 0.3) is 0 Å². The molecule has 1 rings (SSSR count). The number of methoxy groups -OCH3 is 1. The van der Waals surface area contributed by atoms with Crippen LogP contribution in [0.2, 0.25) is 0 Å². The maximum Gasteiger partial charge on any atom is 0.416 e. The summed E-state index contributed by atoms with van der Waals surface area (Å²) in [5, 5.41) is 9.74. The molecule has 0 bridgehead atoms. The minimum atomic E-state index is -4.41. The number of hydrogen-bond acceptors (Lipinski definition) is 3. The Morgan fingerprint density at radius 1 is 1.26 bits per heavy atom. The predicted molar refractivity (Wildman–Crippen MR) is 63.7 cm³/mol. The monoisotopic (exact) mass is 278 g/mol. The molecule has 0 aromatic heterocycles. The van der Waals surface area contributed by atoms with Crippen molar-refractivity contribution in [1.82, 2.24) is 0 Å². The van der Waals surface area contributed by atoms with Gasteiger partial charge in [0, 0.05) is 20.3 Å². The van der Waals surface area contributed by atoms with E-state index in [1.54, 1.807) is 7.11 Å². The molecule has 0 aliphatic rings. The van der Waals surface area contributed by atoms with Crippen molar-refractivity contribution in [1.29, 1.82) is 0 Å². The fraction of sp³-hybridized carbons (Fsp3) is 0.538. The van der Waals surface area contributed by atoms with Crippen LogP contribution < -0.4 is 0 Å². The first-order chi connectivity index (χ1) is 8.95. The second kappa shape index (κ2) is 7.47. The Morgan fingerprint density at radius 2 is 2.00 bits per heavy atom. The molecule has 108 valence electrons. The highest BCUT2D eigenvalue weighted by atomic mass is 19.4. The highest BCUT2D eigenvalue weighted by molar-refractivity contribution is 5.27. The standard InChI is InChI=1S/C13H17F3O3/c1-18-6-3-7-19-9-12(17)10-4-2-5-11(8-10)13(14,15)16/h2,4-5,8,12,17H,3,6-7,9H2,1H3. The number of rotatable bonds is 7. The fourth-order valence-corrected chi connectivity index (χ4v) is 1.52. The zero-order valence-electron chi connectivity index (χ0n) is 10.6. The van der Waals surface area contributed by atoms with Crippen LogP contribution in [0.1, 0.15) is 23.7 Å². The first kappa shape index (κ1) is 15.9. The van der Waals surface area contributed by atoms with Crippen molar-refractivity contribution in [2.24, 2.45) is 0 Å². The van der Waals surface area contributed by atoms with E-state index in [2.05, 4.69) is 0 Å². The van der Waals surface area contributed by atoms with Gasteiger partial charge < -0.3 is 14.6 Å².